The van der Waals surface area contributed by atoms with E-state index >= 15 is 0 Å². The lowest BCUT2D eigenvalue weighted by Gasteiger charge is -2.31. The van der Waals surface area contributed by atoms with Crippen molar-refractivity contribution in [1.29, 1.82) is 0 Å². The third-order valence-electron chi connectivity index (χ3n) is 4.54. The third-order valence-corrected chi connectivity index (χ3v) is 4.54. The highest BCUT2D eigenvalue weighted by molar-refractivity contribution is 5.89. The molecule has 1 aliphatic rings. The predicted molar refractivity (Wildman–Crippen MR) is 106 cm³/mol. The summed E-state index contributed by atoms with van der Waals surface area (Å²) in [6, 6.07) is 4.73. The van der Waals surface area contributed by atoms with Gasteiger partial charge in [0.2, 0.25) is 0 Å². The molecule has 160 valence electrons. The van der Waals surface area contributed by atoms with E-state index in [2.05, 4.69) is 4.98 Å². The molecule has 0 radical (unpaired) electrons. The van der Waals surface area contributed by atoms with Crippen LogP contribution in [0.15, 0.2) is 24.3 Å². The number of amides is 1. The Balaban J connectivity index is 2.05. The van der Waals surface area contributed by atoms with Gasteiger partial charge in [0.05, 0.1) is 18.8 Å². The van der Waals surface area contributed by atoms with Gasteiger partial charge in [-0.15, -0.1) is 0 Å². The van der Waals surface area contributed by atoms with Crippen LogP contribution in [0.1, 0.15) is 49.4 Å². The molecule has 0 bridgehead atoms. The molecule has 1 aliphatic heterocycles. The molecule has 30 heavy (non-hydrogen) atoms. The first kappa shape index (κ1) is 21.7. The molecule has 0 saturated carbocycles. The predicted octanol–water partition coefficient (Wildman–Crippen LogP) is 4.50. The first-order valence-corrected chi connectivity index (χ1v) is 9.72. The monoisotopic (exact) mass is 418 g/mol. The van der Waals surface area contributed by atoms with E-state index < -0.39 is 29.3 Å². The zero-order valence-electron chi connectivity index (χ0n) is 17.4. The van der Waals surface area contributed by atoms with Crippen LogP contribution in [0.5, 0.6) is 0 Å². The lowest BCUT2D eigenvalue weighted by atomic mass is 9.93. The van der Waals surface area contributed by atoms with Crippen LogP contribution >= 0.6 is 0 Å². The molecule has 2 heterocycles. The molecule has 0 atom stereocenters. The number of pyridine rings is 1. The number of benzene rings is 1. The largest absolute Gasteiger partial charge is 0.461 e. The highest BCUT2D eigenvalue weighted by atomic mass is 19.1. The highest BCUT2D eigenvalue weighted by Gasteiger charge is 2.29. The maximum absolute atomic E-state index is 14.5. The van der Waals surface area contributed by atoms with E-state index in [1.807, 2.05) is 0 Å². The van der Waals surface area contributed by atoms with Gasteiger partial charge in [-0.25, -0.2) is 23.4 Å². The van der Waals surface area contributed by atoms with Crippen LogP contribution < -0.4 is 0 Å². The quantitative estimate of drug-likeness (QED) is 0.687. The zero-order chi connectivity index (χ0) is 22.1. The Morgan fingerprint density at radius 1 is 1.17 bits per heavy atom. The van der Waals surface area contributed by atoms with Gasteiger partial charge in [-0.05, 0) is 63.4 Å². The van der Waals surface area contributed by atoms with Crippen molar-refractivity contribution in [1.82, 2.24) is 9.88 Å². The molecule has 8 heteroatoms. The Kier molecular flexibility index (Phi) is 6.05. The fraction of sp³-hybridized carbons (Fsp3) is 0.409. The molecule has 1 aromatic heterocycles. The number of hydrogen-bond donors (Lipinski definition) is 0. The minimum atomic E-state index is -0.743. The van der Waals surface area contributed by atoms with Gasteiger partial charge in [-0.3, -0.25) is 0 Å². The summed E-state index contributed by atoms with van der Waals surface area (Å²) in [6.07, 6.45) is -0.109. The molecule has 0 N–H and O–H groups in total. The molecular weight excluding hydrogens is 394 g/mol. The Morgan fingerprint density at radius 2 is 1.90 bits per heavy atom. The van der Waals surface area contributed by atoms with Crippen molar-refractivity contribution in [2.45, 2.75) is 46.3 Å². The molecule has 2 aromatic rings. The maximum atomic E-state index is 14.5. The summed E-state index contributed by atoms with van der Waals surface area (Å²) < 4.78 is 38.4. The van der Waals surface area contributed by atoms with Crippen molar-refractivity contribution >= 4 is 12.1 Å². The lowest BCUT2D eigenvalue weighted by molar-refractivity contribution is 0.0221. The second-order valence-corrected chi connectivity index (χ2v) is 7.98. The highest BCUT2D eigenvalue weighted by Crippen LogP contribution is 2.33. The summed E-state index contributed by atoms with van der Waals surface area (Å²) in [5, 5.41) is 0. The fourth-order valence-corrected chi connectivity index (χ4v) is 3.28. The average Bonchev–Trinajstić information content (AvgIpc) is 2.65. The van der Waals surface area contributed by atoms with E-state index in [-0.39, 0.29) is 24.4 Å². The van der Waals surface area contributed by atoms with E-state index in [1.165, 1.54) is 17.0 Å². The van der Waals surface area contributed by atoms with Crippen LogP contribution in [0, 0.1) is 11.6 Å². The summed E-state index contributed by atoms with van der Waals surface area (Å²) >= 11 is 0. The summed E-state index contributed by atoms with van der Waals surface area (Å²) in [7, 11) is 0. The van der Waals surface area contributed by atoms with Gasteiger partial charge in [0.25, 0.3) is 0 Å². The first-order valence-electron chi connectivity index (χ1n) is 9.72. The summed E-state index contributed by atoms with van der Waals surface area (Å²) in [5.41, 5.74) is 1.10. The number of ether oxygens (including phenoxy) is 2. The van der Waals surface area contributed by atoms with Gasteiger partial charge in [0, 0.05) is 18.2 Å². The summed E-state index contributed by atoms with van der Waals surface area (Å²) in [6.45, 7) is 7.59. The van der Waals surface area contributed by atoms with E-state index in [4.69, 9.17) is 9.47 Å². The molecule has 0 unspecified atom stereocenters. The third kappa shape index (κ3) is 4.75. The summed E-state index contributed by atoms with van der Waals surface area (Å²) in [5.74, 6) is -2.09. The Bertz CT molecular complexity index is 986. The van der Waals surface area contributed by atoms with Crippen molar-refractivity contribution in [3.63, 3.8) is 0 Å². The van der Waals surface area contributed by atoms with Crippen LogP contribution in [0.2, 0.25) is 0 Å². The zero-order valence-corrected chi connectivity index (χ0v) is 17.4. The van der Waals surface area contributed by atoms with E-state index in [0.29, 0.717) is 29.8 Å². The maximum Gasteiger partial charge on any atom is 0.410 e. The molecular formula is C22H24F2N2O4. The van der Waals surface area contributed by atoms with Crippen molar-refractivity contribution in [3.05, 3.63) is 52.9 Å². The number of esters is 1. The van der Waals surface area contributed by atoms with Gasteiger partial charge in [-0.2, -0.15) is 0 Å². The molecule has 3 rings (SSSR count). The smallest absolute Gasteiger partial charge is 0.410 e. The Morgan fingerprint density at radius 3 is 2.53 bits per heavy atom. The topological polar surface area (TPSA) is 68.7 Å². The Labute approximate surface area is 173 Å². The number of halogens is 2. The van der Waals surface area contributed by atoms with Crippen molar-refractivity contribution in [3.8, 4) is 11.1 Å². The lowest BCUT2D eigenvalue weighted by Crippen LogP contribution is -2.40. The number of aromatic nitrogens is 1. The number of hydrogen-bond acceptors (Lipinski definition) is 5. The molecule has 0 spiro atoms. The first-order chi connectivity index (χ1) is 14.1. The standard InChI is InChI=1S/C22H24F2N2O4/c1-5-29-20(27)18-11-16(14-7-6-13(23)10-17(14)24)15-8-9-26(12-19(15)25-18)21(28)30-22(2,3)4/h6-7,10-11H,5,8-9,12H2,1-4H3. The average molecular weight is 418 g/mol. The summed E-state index contributed by atoms with van der Waals surface area (Å²) in [4.78, 5) is 30.6. The van der Waals surface area contributed by atoms with E-state index in [1.54, 1.807) is 27.7 Å². The molecule has 1 aromatic carbocycles. The number of fused-ring (bicyclic) bond motifs is 1. The minimum absolute atomic E-state index is 0.000337. The van der Waals surface area contributed by atoms with Gasteiger partial charge < -0.3 is 14.4 Å². The number of nitrogens with zero attached hydrogens (tertiary/aromatic N) is 2. The van der Waals surface area contributed by atoms with Gasteiger partial charge in [-0.1, -0.05) is 0 Å². The normalized spacial score (nSPS) is 13.6. The van der Waals surface area contributed by atoms with Crippen LogP contribution in [-0.2, 0) is 22.4 Å². The molecule has 1 amide bonds. The molecule has 0 fully saturated rings. The second-order valence-electron chi connectivity index (χ2n) is 7.98. The van der Waals surface area contributed by atoms with Crippen molar-refractivity contribution < 1.29 is 27.8 Å². The van der Waals surface area contributed by atoms with Gasteiger partial charge >= 0.3 is 12.1 Å². The van der Waals surface area contributed by atoms with Crippen LogP contribution in [0.4, 0.5) is 13.6 Å². The van der Waals surface area contributed by atoms with E-state index in [9.17, 15) is 18.4 Å². The van der Waals surface area contributed by atoms with Crippen LogP contribution in [-0.4, -0.2) is 40.7 Å². The molecule has 0 aliphatic carbocycles. The van der Waals surface area contributed by atoms with Crippen LogP contribution in [0.3, 0.4) is 0 Å². The number of rotatable bonds is 3. The second kappa shape index (κ2) is 8.38. The number of carbonyl (C=O) groups excluding carboxylic acids is 2. The SMILES string of the molecule is CCOC(=O)c1cc(-c2ccc(F)cc2F)c2c(n1)CN(C(=O)OC(C)(C)C)CC2. The van der Waals surface area contributed by atoms with Crippen molar-refractivity contribution in [2.24, 2.45) is 0 Å². The van der Waals surface area contributed by atoms with Gasteiger partial charge in [0.15, 0.2) is 0 Å². The van der Waals surface area contributed by atoms with E-state index in [0.717, 1.165) is 12.1 Å². The fourth-order valence-electron chi connectivity index (χ4n) is 3.28. The van der Waals surface area contributed by atoms with Crippen LogP contribution in [0.25, 0.3) is 11.1 Å². The molecule has 0 saturated heterocycles. The Hall–Kier alpha value is -3.03. The number of carbonyl (C=O) groups is 2. The minimum Gasteiger partial charge on any atom is -0.461 e. The van der Waals surface area contributed by atoms with Crippen molar-refractivity contribution in [2.75, 3.05) is 13.2 Å². The van der Waals surface area contributed by atoms with Gasteiger partial charge in [0.1, 0.15) is 22.9 Å². The molecule has 6 nitrogen and oxygen atoms in total.